The number of piperidine rings is 1. The molecule has 5 heteroatoms. The quantitative estimate of drug-likeness (QED) is 0.273. The molecule has 1 fully saturated rings. The molecule has 3 aromatic carbocycles. The van der Waals surface area contributed by atoms with Crippen molar-refractivity contribution in [3.05, 3.63) is 66.7 Å². The minimum absolute atomic E-state index is 0.719. The van der Waals surface area contributed by atoms with Crippen LogP contribution in [0, 0.1) is 0 Å². The van der Waals surface area contributed by atoms with E-state index in [0.717, 1.165) is 36.0 Å². The first-order valence-corrected chi connectivity index (χ1v) is 12.8. The summed E-state index contributed by atoms with van der Waals surface area (Å²) in [5.41, 5.74) is 3.57. The lowest BCUT2D eigenvalue weighted by Crippen LogP contribution is -2.33. The second kappa shape index (κ2) is 10.5. The van der Waals surface area contributed by atoms with Crippen LogP contribution in [0.5, 0.6) is 17.2 Å². The van der Waals surface area contributed by atoms with Crippen LogP contribution in [0.25, 0.3) is 31.7 Å². The summed E-state index contributed by atoms with van der Waals surface area (Å²) in [5.74, 6) is 2.65. The average molecular weight is 474 g/mol. The maximum absolute atomic E-state index is 6.20. The van der Waals surface area contributed by atoms with E-state index in [1.54, 1.807) is 25.6 Å². The van der Waals surface area contributed by atoms with Crippen LogP contribution >= 0.6 is 11.3 Å². The van der Waals surface area contributed by atoms with Gasteiger partial charge in [-0.2, -0.15) is 0 Å². The molecular weight excluding hydrogens is 442 g/mol. The van der Waals surface area contributed by atoms with Gasteiger partial charge >= 0.3 is 0 Å². The molecule has 5 rings (SSSR count). The fourth-order valence-corrected chi connectivity index (χ4v) is 5.91. The Bertz CT molecular complexity index is 1240. The number of hydrogen-bond donors (Lipinski definition) is 0. The Labute approximate surface area is 205 Å². The molecule has 1 aliphatic rings. The van der Waals surface area contributed by atoms with E-state index in [2.05, 4.69) is 53.4 Å². The zero-order valence-corrected chi connectivity index (χ0v) is 20.7. The Kier molecular flexibility index (Phi) is 7.02. The van der Waals surface area contributed by atoms with Crippen molar-refractivity contribution in [1.82, 2.24) is 4.90 Å². The largest absolute Gasteiger partial charge is 0.497 e. The molecule has 0 amide bonds. The summed E-state index contributed by atoms with van der Waals surface area (Å²) in [6.45, 7) is 4.09. The third kappa shape index (κ3) is 4.91. The summed E-state index contributed by atoms with van der Waals surface area (Å²) in [7, 11) is 3.41. The molecule has 0 spiro atoms. The van der Waals surface area contributed by atoms with Crippen LogP contribution in [-0.2, 0) is 0 Å². The predicted molar refractivity (Wildman–Crippen MR) is 142 cm³/mol. The molecule has 1 aromatic heterocycles. The Morgan fingerprint density at radius 3 is 2.29 bits per heavy atom. The van der Waals surface area contributed by atoms with Crippen LogP contribution in [0.3, 0.4) is 0 Å². The zero-order chi connectivity index (χ0) is 23.3. The Morgan fingerprint density at radius 2 is 1.53 bits per heavy atom. The number of ether oxygens (including phenoxy) is 3. The smallest absolute Gasteiger partial charge is 0.120 e. The van der Waals surface area contributed by atoms with Crippen LogP contribution < -0.4 is 14.2 Å². The van der Waals surface area contributed by atoms with E-state index in [1.807, 2.05) is 18.2 Å². The SMILES string of the molecule is COc1ccc(-c2sc3cc(OC)ccc3c2-c2cccc(OCCN3CCCCC3)c2)cc1. The van der Waals surface area contributed by atoms with Gasteiger partial charge in [0.15, 0.2) is 0 Å². The summed E-state index contributed by atoms with van der Waals surface area (Å²) < 4.78 is 18.3. The molecule has 0 unspecified atom stereocenters. The highest BCUT2D eigenvalue weighted by molar-refractivity contribution is 7.23. The van der Waals surface area contributed by atoms with Crippen molar-refractivity contribution >= 4 is 21.4 Å². The van der Waals surface area contributed by atoms with Gasteiger partial charge in [-0.15, -0.1) is 11.3 Å². The fraction of sp³-hybridized carbons (Fsp3) is 0.310. The van der Waals surface area contributed by atoms with Crippen molar-refractivity contribution in [2.45, 2.75) is 19.3 Å². The van der Waals surface area contributed by atoms with E-state index in [0.29, 0.717) is 0 Å². The third-order valence-electron chi connectivity index (χ3n) is 6.50. The predicted octanol–water partition coefficient (Wildman–Crippen LogP) is 7.12. The molecule has 4 aromatic rings. The minimum Gasteiger partial charge on any atom is -0.497 e. The molecule has 34 heavy (non-hydrogen) atoms. The first kappa shape index (κ1) is 22.8. The highest BCUT2D eigenvalue weighted by Crippen LogP contribution is 2.46. The number of likely N-dealkylation sites (tertiary alicyclic amines) is 1. The van der Waals surface area contributed by atoms with E-state index in [-0.39, 0.29) is 0 Å². The molecule has 0 aliphatic carbocycles. The van der Waals surface area contributed by atoms with Gasteiger partial charge in [-0.1, -0.05) is 18.6 Å². The number of hydrogen-bond acceptors (Lipinski definition) is 5. The minimum atomic E-state index is 0.719. The molecule has 0 N–H and O–H groups in total. The summed E-state index contributed by atoms with van der Waals surface area (Å²) >= 11 is 1.79. The Balaban J connectivity index is 1.48. The molecular formula is C29H31NO3S. The number of fused-ring (bicyclic) bond motifs is 1. The van der Waals surface area contributed by atoms with Crippen molar-refractivity contribution in [3.63, 3.8) is 0 Å². The van der Waals surface area contributed by atoms with Crippen molar-refractivity contribution in [2.24, 2.45) is 0 Å². The fourth-order valence-electron chi connectivity index (χ4n) is 4.65. The molecule has 2 heterocycles. The summed E-state index contributed by atoms with van der Waals surface area (Å²) in [6, 6.07) is 23.1. The van der Waals surface area contributed by atoms with Crippen LogP contribution in [0.15, 0.2) is 66.7 Å². The molecule has 0 saturated carbocycles. The van der Waals surface area contributed by atoms with E-state index in [9.17, 15) is 0 Å². The monoisotopic (exact) mass is 473 g/mol. The number of benzene rings is 3. The van der Waals surface area contributed by atoms with Gasteiger partial charge in [0.2, 0.25) is 0 Å². The van der Waals surface area contributed by atoms with Crippen LogP contribution in [0.2, 0.25) is 0 Å². The molecule has 0 radical (unpaired) electrons. The molecule has 0 bridgehead atoms. The summed E-state index contributed by atoms with van der Waals surface area (Å²) in [6.07, 6.45) is 3.97. The third-order valence-corrected chi connectivity index (χ3v) is 7.70. The summed E-state index contributed by atoms with van der Waals surface area (Å²) in [4.78, 5) is 3.74. The van der Waals surface area contributed by atoms with Crippen LogP contribution in [0.4, 0.5) is 0 Å². The number of rotatable bonds is 8. The van der Waals surface area contributed by atoms with Crippen LogP contribution in [0.1, 0.15) is 19.3 Å². The van der Waals surface area contributed by atoms with Gasteiger partial charge in [0.25, 0.3) is 0 Å². The number of methoxy groups -OCH3 is 2. The average Bonchev–Trinajstić information content (AvgIpc) is 3.28. The summed E-state index contributed by atoms with van der Waals surface area (Å²) in [5, 5.41) is 1.22. The molecule has 1 saturated heterocycles. The van der Waals surface area contributed by atoms with Gasteiger partial charge in [0.05, 0.1) is 14.2 Å². The molecule has 176 valence electrons. The second-order valence-corrected chi connectivity index (χ2v) is 9.73. The zero-order valence-electron chi connectivity index (χ0n) is 19.9. The van der Waals surface area contributed by atoms with E-state index in [1.165, 1.54) is 58.4 Å². The lowest BCUT2D eigenvalue weighted by atomic mass is 9.98. The van der Waals surface area contributed by atoms with Crippen LogP contribution in [-0.4, -0.2) is 45.4 Å². The van der Waals surface area contributed by atoms with Gasteiger partial charge < -0.3 is 14.2 Å². The highest BCUT2D eigenvalue weighted by atomic mass is 32.1. The molecule has 1 aliphatic heterocycles. The first-order chi connectivity index (χ1) is 16.7. The van der Waals surface area contributed by atoms with Gasteiger partial charge in [-0.25, -0.2) is 0 Å². The van der Waals surface area contributed by atoms with E-state index >= 15 is 0 Å². The Morgan fingerprint density at radius 1 is 0.765 bits per heavy atom. The lowest BCUT2D eigenvalue weighted by Gasteiger charge is -2.26. The maximum Gasteiger partial charge on any atom is 0.120 e. The van der Waals surface area contributed by atoms with Crippen molar-refractivity contribution < 1.29 is 14.2 Å². The second-order valence-electron chi connectivity index (χ2n) is 8.68. The van der Waals surface area contributed by atoms with Crippen molar-refractivity contribution in [2.75, 3.05) is 40.5 Å². The van der Waals surface area contributed by atoms with Crippen molar-refractivity contribution in [1.29, 1.82) is 0 Å². The Hall–Kier alpha value is -3.02. The highest BCUT2D eigenvalue weighted by Gasteiger charge is 2.17. The molecule has 0 atom stereocenters. The van der Waals surface area contributed by atoms with Crippen molar-refractivity contribution in [3.8, 4) is 38.8 Å². The van der Waals surface area contributed by atoms with Gasteiger partial charge in [0, 0.05) is 27.1 Å². The molecule has 4 nitrogen and oxygen atoms in total. The van der Waals surface area contributed by atoms with Gasteiger partial charge in [-0.3, -0.25) is 4.90 Å². The topological polar surface area (TPSA) is 30.9 Å². The van der Waals surface area contributed by atoms with Gasteiger partial charge in [-0.05, 0) is 91.7 Å². The van der Waals surface area contributed by atoms with E-state index in [4.69, 9.17) is 14.2 Å². The standard InChI is InChI=1S/C29H31NO3S/c1-31-23-11-9-21(10-12-23)29-28(26-14-13-24(32-2)20-27(26)34-29)22-7-6-8-25(19-22)33-18-17-30-15-4-3-5-16-30/h6-14,19-20H,3-5,15-18H2,1-2H3. The lowest BCUT2D eigenvalue weighted by molar-refractivity contribution is 0.183. The van der Waals surface area contributed by atoms with Gasteiger partial charge in [0.1, 0.15) is 23.9 Å². The number of nitrogens with zero attached hydrogens (tertiary/aromatic N) is 1. The maximum atomic E-state index is 6.20. The first-order valence-electron chi connectivity index (χ1n) is 12.0. The van der Waals surface area contributed by atoms with E-state index < -0.39 is 0 Å². The normalized spacial score (nSPS) is 14.3. The number of thiophene rings is 1.